The zero-order valence-electron chi connectivity index (χ0n) is 6.63. The number of alkyl halides is 3. The first-order valence-corrected chi connectivity index (χ1v) is 3.32. The van der Waals surface area contributed by atoms with Gasteiger partial charge in [-0.3, -0.25) is 0 Å². The SMILES string of the molecule is C=C/C(=C(\C)CC)C(F)(F)F. The Bertz CT molecular complexity index is 174. The molecule has 0 aromatic heterocycles. The van der Waals surface area contributed by atoms with Crippen molar-refractivity contribution in [1.29, 1.82) is 0 Å². The van der Waals surface area contributed by atoms with Crippen LogP contribution in [-0.4, -0.2) is 6.18 Å². The van der Waals surface area contributed by atoms with Crippen LogP contribution in [0, 0.1) is 0 Å². The molecule has 0 fully saturated rings. The molecule has 0 aromatic carbocycles. The lowest BCUT2D eigenvalue weighted by atomic mass is 10.1. The Balaban J connectivity index is 4.80. The molecule has 0 nitrogen and oxygen atoms in total. The molecule has 0 amide bonds. The lowest BCUT2D eigenvalue weighted by Gasteiger charge is -2.10. The predicted octanol–water partition coefficient (Wildman–Crippen LogP) is 3.46. The number of rotatable bonds is 2. The van der Waals surface area contributed by atoms with Crippen molar-refractivity contribution in [1.82, 2.24) is 0 Å². The molecule has 0 bridgehead atoms. The molecule has 0 spiro atoms. The molecule has 0 rings (SSSR count). The maximum absolute atomic E-state index is 12.0. The van der Waals surface area contributed by atoms with E-state index in [9.17, 15) is 13.2 Å². The molecule has 0 saturated heterocycles. The summed E-state index contributed by atoms with van der Waals surface area (Å²) in [5.41, 5.74) is -0.285. The summed E-state index contributed by atoms with van der Waals surface area (Å²) in [5, 5.41) is 0. The van der Waals surface area contributed by atoms with E-state index in [0.717, 1.165) is 6.08 Å². The first-order chi connectivity index (χ1) is 4.93. The Labute approximate surface area is 64.4 Å². The van der Waals surface area contributed by atoms with E-state index in [4.69, 9.17) is 0 Å². The fourth-order valence-electron chi connectivity index (χ4n) is 0.722. The Kier molecular flexibility index (Phi) is 3.36. The van der Waals surface area contributed by atoms with Crippen molar-refractivity contribution in [3.05, 3.63) is 23.8 Å². The molecule has 0 N–H and O–H groups in total. The van der Waals surface area contributed by atoms with E-state index in [2.05, 4.69) is 6.58 Å². The number of hydrogen-bond donors (Lipinski definition) is 0. The van der Waals surface area contributed by atoms with Crippen LogP contribution in [0.2, 0.25) is 0 Å². The summed E-state index contributed by atoms with van der Waals surface area (Å²) in [6.07, 6.45) is -2.98. The first kappa shape index (κ1) is 10.3. The van der Waals surface area contributed by atoms with Crippen molar-refractivity contribution in [2.24, 2.45) is 0 Å². The van der Waals surface area contributed by atoms with Crippen molar-refractivity contribution in [2.45, 2.75) is 26.4 Å². The smallest absolute Gasteiger partial charge is 0.166 e. The van der Waals surface area contributed by atoms with Gasteiger partial charge in [-0.1, -0.05) is 25.2 Å². The predicted molar refractivity (Wildman–Crippen MR) is 39.2 cm³/mol. The van der Waals surface area contributed by atoms with Gasteiger partial charge in [-0.15, -0.1) is 0 Å². The fraction of sp³-hybridized carbons (Fsp3) is 0.500. The second-order valence-corrected chi connectivity index (χ2v) is 2.25. The number of halogens is 3. The van der Waals surface area contributed by atoms with Crippen molar-refractivity contribution in [2.75, 3.05) is 0 Å². The van der Waals surface area contributed by atoms with E-state index in [-0.39, 0.29) is 0 Å². The number of allylic oxidation sites excluding steroid dienone is 3. The van der Waals surface area contributed by atoms with Gasteiger partial charge in [0.25, 0.3) is 0 Å². The monoisotopic (exact) mass is 164 g/mol. The third-order valence-electron chi connectivity index (χ3n) is 1.50. The van der Waals surface area contributed by atoms with Crippen LogP contribution in [0.4, 0.5) is 13.2 Å². The molecule has 0 unspecified atom stereocenters. The summed E-state index contributed by atoms with van der Waals surface area (Å²) >= 11 is 0. The molecule has 0 aliphatic carbocycles. The van der Waals surface area contributed by atoms with Crippen LogP contribution in [-0.2, 0) is 0 Å². The highest BCUT2D eigenvalue weighted by Crippen LogP contribution is 2.29. The van der Waals surface area contributed by atoms with Crippen LogP contribution in [0.1, 0.15) is 20.3 Å². The largest absolute Gasteiger partial charge is 0.416 e. The van der Waals surface area contributed by atoms with Gasteiger partial charge in [0.2, 0.25) is 0 Å². The maximum atomic E-state index is 12.0. The molecular weight excluding hydrogens is 153 g/mol. The quantitative estimate of drug-likeness (QED) is 0.548. The highest BCUT2D eigenvalue weighted by Gasteiger charge is 2.32. The molecule has 0 saturated carbocycles. The van der Waals surface area contributed by atoms with Gasteiger partial charge in [0, 0.05) is 0 Å². The average Bonchev–Trinajstić information content (AvgIpc) is 1.86. The summed E-state index contributed by atoms with van der Waals surface area (Å²) in [4.78, 5) is 0. The van der Waals surface area contributed by atoms with Crippen LogP contribution >= 0.6 is 0 Å². The highest BCUT2D eigenvalue weighted by molar-refractivity contribution is 5.27. The molecule has 3 heteroatoms. The second kappa shape index (κ2) is 3.60. The van der Waals surface area contributed by atoms with Crippen LogP contribution in [0.3, 0.4) is 0 Å². The topological polar surface area (TPSA) is 0 Å². The van der Waals surface area contributed by atoms with Gasteiger partial charge in [0.05, 0.1) is 5.57 Å². The molecule has 0 aliphatic heterocycles. The zero-order chi connectivity index (χ0) is 9.07. The first-order valence-electron chi connectivity index (χ1n) is 3.32. The Morgan fingerprint density at radius 1 is 1.45 bits per heavy atom. The maximum Gasteiger partial charge on any atom is 0.416 e. The summed E-state index contributed by atoms with van der Waals surface area (Å²) in [7, 11) is 0. The molecule has 11 heavy (non-hydrogen) atoms. The van der Waals surface area contributed by atoms with E-state index < -0.39 is 11.7 Å². The standard InChI is InChI=1S/C8H11F3/c1-4-6(3)7(5-2)8(9,10)11/h5H,2,4H2,1,3H3/b7-6-. The van der Waals surface area contributed by atoms with Crippen molar-refractivity contribution in [3.8, 4) is 0 Å². The normalized spacial score (nSPS) is 14.3. The zero-order valence-corrected chi connectivity index (χ0v) is 6.63. The third kappa shape index (κ3) is 2.78. The third-order valence-corrected chi connectivity index (χ3v) is 1.50. The molecule has 0 aromatic rings. The minimum atomic E-state index is -4.25. The molecule has 0 atom stereocenters. The Morgan fingerprint density at radius 2 is 1.91 bits per heavy atom. The Hall–Kier alpha value is -0.730. The van der Waals surface area contributed by atoms with Crippen LogP contribution in [0.5, 0.6) is 0 Å². The fourth-order valence-corrected chi connectivity index (χ4v) is 0.722. The average molecular weight is 164 g/mol. The van der Waals surface area contributed by atoms with E-state index in [1.807, 2.05) is 0 Å². The van der Waals surface area contributed by atoms with E-state index >= 15 is 0 Å². The highest BCUT2D eigenvalue weighted by atomic mass is 19.4. The summed E-state index contributed by atoms with van der Waals surface area (Å²) in [5.74, 6) is 0. The minimum absolute atomic E-state index is 0.326. The van der Waals surface area contributed by atoms with E-state index in [1.54, 1.807) is 6.92 Å². The van der Waals surface area contributed by atoms with Crippen molar-refractivity contribution < 1.29 is 13.2 Å². The van der Waals surface area contributed by atoms with Gasteiger partial charge >= 0.3 is 6.18 Å². The lowest BCUT2D eigenvalue weighted by molar-refractivity contribution is -0.0890. The van der Waals surface area contributed by atoms with Gasteiger partial charge in [-0.25, -0.2) is 0 Å². The van der Waals surface area contributed by atoms with Gasteiger partial charge < -0.3 is 0 Å². The summed E-state index contributed by atoms with van der Waals surface area (Å²) in [6, 6.07) is 0. The van der Waals surface area contributed by atoms with E-state index in [0.29, 0.717) is 12.0 Å². The molecular formula is C8H11F3. The van der Waals surface area contributed by atoms with Gasteiger partial charge in [0.1, 0.15) is 0 Å². The molecule has 0 radical (unpaired) electrons. The van der Waals surface area contributed by atoms with Gasteiger partial charge in [-0.05, 0) is 13.3 Å². The van der Waals surface area contributed by atoms with Crippen LogP contribution in [0.25, 0.3) is 0 Å². The van der Waals surface area contributed by atoms with Gasteiger partial charge in [0.15, 0.2) is 0 Å². The lowest BCUT2D eigenvalue weighted by Crippen LogP contribution is -2.11. The second-order valence-electron chi connectivity index (χ2n) is 2.25. The van der Waals surface area contributed by atoms with E-state index in [1.165, 1.54) is 6.92 Å². The molecule has 0 heterocycles. The van der Waals surface area contributed by atoms with Crippen LogP contribution in [0.15, 0.2) is 23.8 Å². The molecule has 0 aliphatic rings. The minimum Gasteiger partial charge on any atom is -0.166 e. The van der Waals surface area contributed by atoms with Crippen LogP contribution < -0.4 is 0 Å². The van der Waals surface area contributed by atoms with Crippen molar-refractivity contribution in [3.63, 3.8) is 0 Å². The Morgan fingerprint density at radius 3 is 2.00 bits per heavy atom. The van der Waals surface area contributed by atoms with Crippen molar-refractivity contribution >= 4 is 0 Å². The van der Waals surface area contributed by atoms with Gasteiger partial charge in [-0.2, -0.15) is 13.2 Å². The number of hydrogen-bond acceptors (Lipinski definition) is 0. The molecule has 64 valence electrons. The summed E-state index contributed by atoms with van der Waals surface area (Å²) < 4.78 is 36.1. The summed E-state index contributed by atoms with van der Waals surface area (Å²) in [6.45, 7) is 6.27.